The van der Waals surface area contributed by atoms with E-state index in [1.54, 1.807) is 4.90 Å². The normalized spacial score (nSPS) is 24.6. The van der Waals surface area contributed by atoms with Gasteiger partial charge in [0.15, 0.2) is 9.84 Å². The molecule has 3 rings (SSSR count). The second-order valence-electron chi connectivity index (χ2n) is 7.19. The molecule has 10 heteroatoms. The van der Waals surface area contributed by atoms with E-state index in [1.807, 2.05) is 13.8 Å². The number of aromatic nitrogens is 2. The van der Waals surface area contributed by atoms with Crippen LogP contribution < -0.4 is 5.56 Å². The van der Waals surface area contributed by atoms with E-state index in [4.69, 9.17) is 0 Å². The number of sulfone groups is 1. The molecule has 2 fully saturated rings. The molecule has 1 aromatic rings. The molecule has 2 aliphatic heterocycles. The highest BCUT2D eigenvalue weighted by Crippen LogP contribution is 2.28. The van der Waals surface area contributed by atoms with Crippen molar-refractivity contribution in [3.8, 4) is 0 Å². The van der Waals surface area contributed by atoms with E-state index in [9.17, 15) is 22.8 Å². The van der Waals surface area contributed by atoms with Crippen molar-refractivity contribution in [3.05, 3.63) is 28.4 Å². The number of carbonyl (C=O) groups excluding carboxylic acids is 2. The van der Waals surface area contributed by atoms with Crippen molar-refractivity contribution in [1.29, 1.82) is 0 Å². The standard InChI is InChI=1S/C16H22N4O5S/c1-10(2)5-15(22)19-3-4-20(13-9-26(24,25)8-12(13)19)16(23)11-6-18-14(21)7-17-11/h6-7,10,12-13H,3-5,8-9H2,1-2H3,(H,18,21)/t12-,13+/m0/s1. The Balaban J connectivity index is 1.87. The highest BCUT2D eigenvalue weighted by atomic mass is 32.2. The van der Waals surface area contributed by atoms with Gasteiger partial charge in [0, 0.05) is 25.7 Å². The van der Waals surface area contributed by atoms with E-state index in [1.165, 1.54) is 11.1 Å². The molecule has 2 atom stereocenters. The Labute approximate surface area is 151 Å². The average Bonchev–Trinajstić information content (AvgIpc) is 2.88. The fourth-order valence-corrected chi connectivity index (χ4v) is 5.57. The fourth-order valence-electron chi connectivity index (χ4n) is 3.59. The summed E-state index contributed by atoms with van der Waals surface area (Å²) < 4.78 is 24.4. The second kappa shape index (κ2) is 6.82. The molecule has 0 unspecified atom stereocenters. The van der Waals surface area contributed by atoms with Gasteiger partial charge in [0.1, 0.15) is 5.69 Å². The molecule has 0 bridgehead atoms. The molecule has 1 aromatic heterocycles. The van der Waals surface area contributed by atoms with E-state index in [-0.39, 0.29) is 42.1 Å². The van der Waals surface area contributed by atoms with Crippen LogP contribution in [-0.4, -0.2) is 76.7 Å². The Morgan fingerprint density at radius 2 is 1.85 bits per heavy atom. The van der Waals surface area contributed by atoms with E-state index in [2.05, 4.69) is 9.97 Å². The van der Waals surface area contributed by atoms with Crippen molar-refractivity contribution in [3.63, 3.8) is 0 Å². The number of rotatable bonds is 3. The number of nitrogens with zero attached hydrogens (tertiary/aromatic N) is 3. The highest BCUT2D eigenvalue weighted by molar-refractivity contribution is 7.91. The maximum atomic E-state index is 12.8. The third kappa shape index (κ3) is 3.64. The molecular formula is C16H22N4O5S. The first-order chi connectivity index (χ1) is 12.2. The van der Waals surface area contributed by atoms with Crippen LogP contribution in [0.15, 0.2) is 17.2 Å². The summed E-state index contributed by atoms with van der Waals surface area (Å²) in [6.45, 7) is 4.39. The third-order valence-corrected chi connectivity index (χ3v) is 6.43. The zero-order chi connectivity index (χ0) is 19.1. The molecule has 2 aliphatic rings. The maximum Gasteiger partial charge on any atom is 0.274 e. The molecule has 2 saturated heterocycles. The highest BCUT2D eigenvalue weighted by Gasteiger charge is 2.49. The van der Waals surface area contributed by atoms with Gasteiger partial charge in [0.25, 0.3) is 11.5 Å². The zero-order valence-electron chi connectivity index (χ0n) is 14.7. The van der Waals surface area contributed by atoms with Crippen molar-refractivity contribution in [1.82, 2.24) is 19.8 Å². The molecule has 0 spiro atoms. The first-order valence-corrected chi connectivity index (χ1v) is 10.4. The van der Waals surface area contributed by atoms with Gasteiger partial charge in [-0.15, -0.1) is 0 Å². The minimum Gasteiger partial charge on any atom is -0.335 e. The number of nitrogens with one attached hydrogen (secondary N) is 1. The molecule has 1 N–H and O–H groups in total. The third-order valence-electron chi connectivity index (χ3n) is 4.73. The lowest BCUT2D eigenvalue weighted by atomic mass is 10.0. The van der Waals surface area contributed by atoms with Crippen LogP contribution in [-0.2, 0) is 14.6 Å². The Morgan fingerprint density at radius 3 is 2.42 bits per heavy atom. The Bertz CT molecular complexity index is 858. The van der Waals surface area contributed by atoms with Crippen LogP contribution in [0.25, 0.3) is 0 Å². The van der Waals surface area contributed by atoms with E-state index in [0.717, 1.165) is 6.20 Å². The number of piperazine rings is 1. The van der Waals surface area contributed by atoms with Crippen molar-refractivity contribution < 1.29 is 18.0 Å². The van der Waals surface area contributed by atoms with Crippen molar-refractivity contribution in [2.24, 2.45) is 5.92 Å². The number of H-pyrrole nitrogens is 1. The van der Waals surface area contributed by atoms with Gasteiger partial charge in [-0.2, -0.15) is 0 Å². The molecule has 0 saturated carbocycles. The van der Waals surface area contributed by atoms with Crippen LogP contribution in [0.4, 0.5) is 0 Å². The van der Waals surface area contributed by atoms with Gasteiger partial charge in [-0.3, -0.25) is 14.4 Å². The quantitative estimate of drug-likeness (QED) is 0.735. The molecule has 26 heavy (non-hydrogen) atoms. The smallest absolute Gasteiger partial charge is 0.274 e. The number of fused-ring (bicyclic) bond motifs is 1. The summed E-state index contributed by atoms with van der Waals surface area (Å²) in [5, 5.41) is 0. The minimum atomic E-state index is -3.35. The van der Waals surface area contributed by atoms with Gasteiger partial charge < -0.3 is 14.8 Å². The van der Waals surface area contributed by atoms with Gasteiger partial charge in [-0.25, -0.2) is 13.4 Å². The monoisotopic (exact) mass is 382 g/mol. The van der Waals surface area contributed by atoms with Crippen LogP contribution in [0.1, 0.15) is 30.8 Å². The number of aromatic amines is 1. The summed E-state index contributed by atoms with van der Waals surface area (Å²) in [5.74, 6) is -0.655. The minimum absolute atomic E-state index is 0.0506. The summed E-state index contributed by atoms with van der Waals surface area (Å²) in [4.78, 5) is 45.7. The van der Waals surface area contributed by atoms with Gasteiger partial charge in [0.05, 0.1) is 29.8 Å². The van der Waals surface area contributed by atoms with E-state index < -0.39 is 33.4 Å². The second-order valence-corrected chi connectivity index (χ2v) is 9.35. The van der Waals surface area contributed by atoms with Gasteiger partial charge in [0.2, 0.25) is 5.91 Å². The van der Waals surface area contributed by atoms with Crippen molar-refractivity contribution >= 4 is 21.7 Å². The summed E-state index contributed by atoms with van der Waals surface area (Å²) in [6, 6.07) is -1.13. The molecule has 3 heterocycles. The summed E-state index contributed by atoms with van der Waals surface area (Å²) in [7, 11) is -3.35. The Morgan fingerprint density at radius 1 is 1.23 bits per heavy atom. The molecule has 0 radical (unpaired) electrons. The van der Waals surface area contributed by atoms with Crippen LogP contribution in [0.2, 0.25) is 0 Å². The summed E-state index contributed by atoms with van der Waals surface area (Å²) in [5.41, 5.74) is -0.374. The topological polar surface area (TPSA) is 121 Å². The predicted octanol–water partition coefficient (Wildman–Crippen LogP) is -0.734. The lowest BCUT2D eigenvalue weighted by Gasteiger charge is -2.44. The van der Waals surface area contributed by atoms with Crippen LogP contribution in [0.3, 0.4) is 0 Å². The van der Waals surface area contributed by atoms with E-state index in [0.29, 0.717) is 6.42 Å². The molecule has 0 aliphatic carbocycles. The zero-order valence-corrected chi connectivity index (χ0v) is 15.5. The number of hydrogen-bond acceptors (Lipinski definition) is 6. The predicted molar refractivity (Wildman–Crippen MR) is 93.3 cm³/mol. The van der Waals surface area contributed by atoms with Crippen molar-refractivity contribution in [2.45, 2.75) is 32.4 Å². The molecule has 9 nitrogen and oxygen atoms in total. The lowest BCUT2D eigenvalue weighted by Crippen LogP contribution is -2.62. The fraction of sp³-hybridized carbons (Fsp3) is 0.625. The van der Waals surface area contributed by atoms with Crippen LogP contribution in [0.5, 0.6) is 0 Å². The summed E-state index contributed by atoms with van der Waals surface area (Å²) >= 11 is 0. The first-order valence-electron chi connectivity index (χ1n) is 8.53. The average molecular weight is 382 g/mol. The lowest BCUT2D eigenvalue weighted by molar-refractivity contribution is -0.137. The maximum absolute atomic E-state index is 12.8. The van der Waals surface area contributed by atoms with Crippen molar-refractivity contribution in [2.75, 3.05) is 24.6 Å². The van der Waals surface area contributed by atoms with Gasteiger partial charge >= 0.3 is 0 Å². The van der Waals surface area contributed by atoms with Gasteiger partial charge in [-0.1, -0.05) is 13.8 Å². The molecule has 2 amide bonds. The number of hydrogen-bond donors (Lipinski definition) is 1. The van der Waals surface area contributed by atoms with Crippen LogP contribution >= 0.6 is 0 Å². The number of carbonyl (C=O) groups is 2. The Hall–Kier alpha value is -2.23. The largest absolute Gasteiger partial charge is 0.335 e. The van der Waals surface area contributed by atoms with E-state index >= 15 is 0 Å². The SMILES string of the molecule is CC(C)CC(=O)N1CCN(C(=O)c2c[nH]c(=O)cn2)[C@@H]2CS(=O)(=O)C[C@@H]21. The molecule has 0 aromatic carbocycles. The number of amides is 2. The Kier molecular flexibility index (Phi) is 4.87. The summed E-state index contributed by atoms with van der Waals surface area (Å²) in [6.07, 6.45) is 2.58. The van der Waals surface area contributed by atoms with Crippen LogP contribution in [0, 0.1) is 5.92 Å². The molecular weight excluding hydrogens is 360 g/mol. The molecule has 142 valence electrons. The first kappa shape index (κ1) is 18.6. The van der Waals surface area contributed by atoms with Gasteiger partial charge in [-0.05, 0) is 5.92 Å².